The van der Waals surface area contributed by atoms with Crippen molar-refractivity contribution in [1.82, 2.24) is 15.0 Å². The molecule has 1 aromatic carbocycles. The molecule has 7 heteroatoms. The first-order valence-electron chi connectivity index (χ1n) is 6.82. The quantitative estimate of drug-likeness (QED) is 0.586. The number of nitrogens with one attached hydrogen (secondary N) is 1. The molecule has 6 nitrogen and oxygen atoms in total. The van der Waals surface area contributed by atoms with Gasteiger partial charge in [-0.1, -0.05) is 11.8 Å². The molecule has 0 aliphatic rings. The molecule has 0 radical (unpaired) electrons. The van der Waals surface area contributed by atoms with E-state index in [0.29, 0.717) is 33.4 Å². The van der Waals surface area contributed by atoms with E-state index in [1.807, 2.05) is 6.26 Å². The van der Waals surface area contributed by atoms with Crippen molar-refractivity contribution in [3.05, 3.63) is 40.8 Å². The van der Waals surface area contributed by atoms with E-state index in [2.05, 4.69) is 15.0 Å². The van der Waals surface area contributed by atoms with Crippen molar-refractivity contribution in [2.75, 3.05) is 20.5 Å². The Kier molecular flexibility index (Phi) is 4.20. The fourth-order valence-electron chi connectivity index (χ4n) is 2.25. The highest BCUT2D eigenvalue weighted by Gasteiger charge is 2.10. The van der Waals surface area contributed by atoms with Gasteiger partial charge in [0, 0.05) is 23.2 Å². The zero-order valence-electron chi connectivity index (χ0n) is 12.9. The molecule has 0 atom stereocenters. The molecule has 0 amide bonds. The first kappa shape index (κ1) is 15.4. The molecule has 0 aliphatic carbocycles. The molecule has 3 rings (SSSR count). The van der Waals surface area contributed by atoms with Crippen LogP contribution in [0.4, 0.5) is 0 Å². The second-order valence-corrected chi connectivity index (χ2v) is 5.55. The second kappa shape index (κ2) is 6.29. The van der Waals surface area contributed by atoms with Crippen LogP contribution in [-0.4, -0.2) is 35.4 Å². The maximum atomic E-state index is 12.4. The number of hydrogen-bond acceptors (Lipinski definition) is 6. The lowest BCUT2D eigenvalue weighted by Gasteiger charge is -2.09. The van der Waals surface area contributed by atoms with Crippen LogP contribution >= 0.6 is 11.8 Å². The minimum absolute atomic E-state index is 0.224. The molecule has 118 valence electrons. The molecule has 23 heavy (non-hydrogen) atoms. The molecule has 2 aromatic heterocycles. The lowest BCUT2D eigenvalue weighted by atomic mass is 10.1. The highest BCUT2D eigenvalue weighted by Crippen LogP contribution is 2.29. The Labute approximate surface area is 136 Å². The maximum absolute atomic E-state index is 12.4. The molecular weight excluding hydrogens is 314 g/mol. The van der Waals surface area contributed by atoms with E-state index in [9.17, 15) is 4.79 Å². The Morgan fingerprint density at radius 3 is 2.39 bits per heavy atom. The number of hydrogen-bond donors (Lipinski definition) is 1. The van der Waals surface area contributed by atoms with Crippen LogP contribution in [0, 0.1) is 0 Å². The average molecular weight is 329 g/mol. The second-order valence-electron chi connectivity index (χ2n) is 4.77. The number of aromatic amines is 1. The molecule has 0 saturated heterocycles. The van der Waals surface area contributed by atoms with Gasteiger partial charge in [0.1, 0.15) is 17.1 Å². The van der Waals surface area contributed by atoms with E-state index in [1.54, 1.807) is 44.7 Å². The summed E-state index contributed by atoms with van der Waals surface area (Å²) >= 11 is 1.42. The van der Waals surface area contributed by atoms with Gasteiger partial charge in [-0.05, 0) is 30.0 Å². The number of methoxy groups -OCH3 is 2. The van der Waals surface area contributed by atoms with Crippen molar-refractivity contribution in [3.63, 3.8) is 0 Å². The minimum atomic E-state index is -0.224. The van der Waals surface area contributed by atoms with E-state index in [1.165, 1.54) is 11.8 Å². The van der Waals surface area contributed by atoms with Crippen LogP contribution in [0.25, 0.3) is 22.2 Å². The van der Waals surface area contributed by atoms with Crippen molar-refractivity contribution in [3.8, 4) is 22.6 Å². The molecule has 0 aliphatic heterocycles. The Morgan fingerprint density at radius 1 is 1.09 bits per heavy atom. The topological polar surface area (TPSA) is 77.1 Å². The number of benzene rings is 1. The summed E-state index contributed by atoms with van der Waals surface area (Å²) in [5, 5.41) is 1.38. The summed E-state index contributed by atoms with van der Waals surface area (Å²) < 4.78 is 10.5. The van der Waals surface area contributed by atoms with Crippen molar-refractivity contribution >= 4 is 22.8 Å². The zero-order valence-corrected chi connectivity index (χ0v) is 13.7. The van der Waals surface area contributed by atoms with Crippen molar-refractivity contribution in [1.29, 1.82) is 0 Å². The number of rotatable bonds is 4. The number of H-pyrrole nitrogens is 1. The van der Waals surface area contributed by atoms with Gasteiger partial charge in [0.05, 0.1) is 14.2 Å². The Bertz CT molecular complexity index is 902. The van der Waals surface area contributed by atoms with Gasteiger partial charge < -0.3 is 14.5 Å². The van der Waals surface area contributed by atoms with Gasteiger partial charge in [0.25, 0.3) is 5.56 Å². The van der Waals surface area contributed by atoms with Gasteiger partial charge in [0.15, 0.2) is 5.16 Å². The van der Waals surface area contributed by atoms with Crippen LogP contribution in [0.2, 0.25) is 0 Å². The summed E-state index contributed by atoms with van der Waals surface area (Å²) in [7, 11) is 3.14. The Balaban J connectivity index is 2.20. The van der Waals surface area contributed by atoms with Gasteiger partial charge >= 0.3 is 0 Å². The SMILES string of the molecule is COc1cc(OC)cc(-c2cc3cnc(SC)nc3[nH]c2=O)c1. The largest absolute Gasteiger partial charge is 0.497 e. The van der Waals surface area contributed by atoms with Crippen LogP contribution in [0.3, 0.4) is 0 Å². The van der Waals surface area contributed by atoms with E-state index in [4.69, 9.17) is 9.47 Å². The van der Waals surface area contributed by atoms with Crippen molar-refractivity contribution < 1.29 is 9.47 Å². The first-order valence-corrected chi connectivity index (χ1v) is 8.04. The molecule has 0 unspecified atom stereocenters. The Hall–Kier alpha value is -2.54. The van der Waals surface area contributed by atoms with E-state index >= 15 is 0 Å². The summed E-state index contributed by atoms with van der Waals surface area (Å²) in [5.41, 5.74) is 1.51. The summed E-state index contributed by atoms with van der Waals surface area (Å²) in [6.07, 6.45) is 3.58. The lowest BCUT2D eigenvalue weighted by molar-refractivity contribution is 0.394. The lowest BCUT2D eigenvalue weighted by Crippen LogP contribution is -2.10. The molecule has 3 aromatic rings. The standard InChI is InChI=1S/C16H15N3O3S/c1-21-11-4-9(5-12(7-11)22-2)13-6-10-8-17-16(23-3)19-14(10)18-15(13)20/h4-8H,1-3H3,(H,17,18,19,20). The van der Waals surface area contributed by atoms with Crippen LogP contribution in [0.1, 0.15) is 0 Å². The van der Waals surface area contributed by atoms with Crippen LogP contribution < -0.4 is 15.0 Å². The maximum Gasteiger partial charge on any atom is 0.257 e. The molecule has 0 fully saturated rings. The van der Waals surface area contributed by atoms with Crippen LogP contribution in [-0.2, 0) is 0 Å². The van der Waals surface area contributed by atoms with Gasteiger partial charge in [-0.25, -0.2) is 9.97 Å². The molecule has 0 saturated carbocycles. The highest BCUT2D eigenvalue weighted by molar-refractivity contribution is 7.98. The van der Waals surface area contributed by atoms with Crippen LogP contribution in [0.15, 0.2) is 40.4 Å². The molecule has 2 heterocycles. The van der Waals surface area contributed by atoms with Crippen molar-refractivity contribution in [2.24, 2.45) is 0 Å². The van der Waals surface area contributed by atoms with Gasteiger partial charge in [0.2, 0.25) is 0 Å². The van der Waals surface area contributed by atoms with Gasteiger partial charge in [-0.2, -0.15) is 0 Å². The summed E-state index contributed by atoms with van der Waals surface area (Å²) in [6, 6.07) is 7.10. The van der Waals surface area contributed by atoms with Gasteiger partial charge in [-0.3, -0.25) is 4.79 Å². The summed E-state index contributed by atoms with van der Waals surface area (Å²) in [4.78, 5) is 23.8. The zero-order chi connectivity index (χ0) is 16.4. The van der Waals surface area contributed by atoms with Crippen molar-refractivity contribution in [2.45, 2.75) is 5.16 Å². The predicted molar refractivity (Wildman–Crippen MR) is 90.5 cm³/mol. The first-order chi connectivity index (χ1) is 11.1. The normalized spacial score (nSPS) is 10.7. The van der Waals surface area contributed by atoms with E-state index in [-0.39, 0.29) is 5.56 Å². The number of fused-ring (bicyclic) bond motifs is 1. The number of thioether (sulfide) groups is 1. The number of nitrogens with zero attached hydrogens (tertiary/aromatic N) is 2. The van der Waals surface area contributed by atoms with Gasteiger partial charge in [-0.15, -0.1) is 0 Å². The third-order valence-electron chi connectivity index (χ3n) is 3.42. The fourth-order valence-corrected chi connectivity index (χ4v) is 2.59. The highest BCUT2D eigenvalue weighted by atomic mass is 32.2. The third kappa shape index (κ3) is 3.00. The van der Waals surface area contributed by atoms with E-state index < -0.39 is 0 Å². The van der Waals surface area contributed by atoms with E-state index in [0.717, 1.165) is 5.39 Å². The molecular formula is C16H15N3O3S. The monoisotopic (exact) mass is 329 g/mol. The third-order valence-corrected chi connectivity index (χ3v) is 3.98. The Morgan fingerprint density at radius 2 is 1.78 bits per heavy atom. The fraction of sp³-hybridized carbons (Fsp3) is 0.188. The minimum Gasteiger partial charge on any atom is -0.497 e. The number of aromatic nitrogens is 3. The predicted octanol–water partition coefficient (Wildman–Crippen LogP) is 2.72. The van der Waals surface area contributed by atoms with Crippen LogP contribution in [0.5, 0.6) is 11.5 Å². The number of pyridine rings is 1. The smallest absolute Gasteiger partial charge is 0.257 e. The average Bonchev–Trinajstić information content (AvgIpc) is 2.59. The summed E-state index contributed by atoms with van der Waals surface area (Å²) in [5.74, 6) is 1.24. The molecule has 0 spiro atoms. The summed E-state index contributed by atoms with van der Waals surface area (Å²) in [6.45, 7) is 0. The molecule has 1 N–H and O–H groups in total. The molecule has 0 bridgehead atoms. The number of ether oxygens (including phenoxy) is 2.